The van der Waals surface area contributed by atoms with Gasteiger partial charge in [-0.25, -0.2) is 0 Å². The highest BCUT2D eigenvalue weighted by Crippen LogP contribution is 2.48. The maximum Gasteiger partial charge on any atom is 0.266 e. The van der Waals surface area contributed by atoms with Crippen LogP contribution >= 0.6 is 23.1 Å². The molecule has 5 rings (SSSR count). The molecule has 1 aromatic heterocycles. The van der Waals surface area contributed by atoms with Crippen molar-refractivity contribution in [2.45, 2.75) is 51.5 Å². The minimum atomic E-state index is -4.18. The number of hydrogen-bond donors (Lipinski definition) is 2. The Labute approximate surface area is 273 Å². The van der Waals surface area contributed by atoms with E-state index in [0.717, 1.165) is 54.0 Å². The quantitative estimate of drug-likeness (QED) is 0.0909. The molecule has 0 aliphatic carbocycles. The van der Waals surface area contributed by atoms with Gasteiger partial charge in [-0.3, -0.25) is 9.11 Å². The average molecular weight is 686 g/mol. The molecule has 0 amide bonds. The van der Waals surface area contributed by atoms with Crippen LogP contribution in [0.3, 0.4) is 0 Å². The van der Waals surface area contributed by atoms with Gasteiger partial charge in [0.2, 0.25) is 5.52 Å². The molecule has 0 unspecified atom stereocenters. The van der Waals surface area contributed by atoms with Crippen LogP contribution in [0.15, 0.2) is 82.2 Å². The average Bonchev–Trinajstić information content (AvgIpc) is 3.49. The van der Waals surface area contributed by atoms with Crippen LogP contribution in [0.25, 0.3) is 27.4 Å². The van der Waals surface area contributed by atoms with Crippen molar-refractivity contribution in [2.75, 3.05) is 23.0 Å². The summed E-state index contributed by atoms with van der Waals surface area (Å²) in [5.74, 6) is -0.669. The van der Waals surface area contributed by atoms with Gasteiger partial charge in [-0.15, -0.1) is 0 Å². The van der Waals surface area contributed by atoms with Crippen LogP contribution in [0.5, 0.6) is 0 Å². The largest absolute Gasteiger partial charge is 0.334 e. The van der Waals surface area contributed by atoms with E-state index in [0.29, 0.717) is 19.4 Å². The van der Waals surface area contributed by atoms with Crippen LogP contribution in [-0.4, -0.2) is 44.0 Å². The number of unbranched alkanes of at least 4 members (excludes halogenated alkanes) is 1. The van der Waals surface area contributed by atoms with Crippen molar-refractivity contribution in [3.05, 3.63) is 93.5 Å². The minimum absolute atomic E-state index is 0.106. The van der Waals surface area contributed by atoms with Gasteiger partial charge in [0, 0.05) is 30.0 Å². The number of allylic oxidation sites excluding steroid dienone is 2. The SMILES string of the molecule is CCC(/C=C1\Sc2ccc(-c3ccccc3)cc2N1CCS(=O)(=O)O)=C\c1sc2cc(C)c(C)cc2[n+]1CCCCS(=O)(=O)O. The normalized spacial score (nSPS) is 14.9. The van der Waals surface area contributed by atoms with E-state index in [9.17, 15) is 25.9 Å². The van der Waals surface area contributed by atoms with E-state index in [-0.39, 0.29) is 12.3 Å². The number of aryl methyl sites for hydroxylation is 3. The summed E-state index contributed by atoms with van der Waals surface area (Å²) in [4.78, 5) is 2.97. The van der Waals surface area contributed by atoms with Crippen LogP contribution in [0, 0.1) is 13.8 Å². The van der Waals surface area contributed by atoms with Gasteiger partial charge in [-0.05, 0) is 78.8 Å². The molecular formula is C33H37N2O6S4+. The maximum atomic E-state index is 11.8. The van der Waals surface area contributed by atoms with Crippen molar-refractivity contribution < 1.29 is 30.5 Å². The summed E-state index contributed by atoms with van der Waals surface area (Å²) in [7, 11) is -8.19. The van der Waals surface area contributed by atoms with Gasteiger partial charge in [0.25, 0.3) is 25.2 Å². The van der Waals surface area contributed by atoms with Crippen molar-refractivity contribution in [1.82, 2.24) is 0 Å². The second-order valence-electron chi connectivity index (χ2n) is 11.1. The Hall–Kier alpha value is -3.00. The Morgan fingerprint density at radius 2 is 1.60 bits per heavy atom. The van der Waals surface area contributed by atoms with Crippen molar-refractivity contribution in [1.29, 1.82) is 0 Å². The summed E-state index contributed by atoms with van der Waals surface area (Å²) in [6, 6.07) is 20.5. The van der Waals surface area contributed by atoms with E-state index < -0.39 is 26.0 Å². The molecule has 8 nitrogen and oxygen atoms in total. The zero-order chi connectivity index (χ0) is 32.4. The molecule has 45 heavy (non-hydrogen) atoms. The summed E-state index contributed by atoms with van der Waals surface area (Å²) in [6.45, 7) is 6.94. The van der Waals surface area contributed by atoms with Crippen molar-refractivity contribution >= 4 is 65.3 Å². The highest BCUT2D eigenvalue weighted by molar-refractivity contribution is 8.03. The number of hydrogen-bond acceptors (Lipinski definition) is 7. The molecule has 4 aromatic rings. The summed E-state index contributed by atoms with van der Waals surface area (Å²) >= 11 is 3.24. The Balaban J connectivity index is 1.53. The maximum absolute atomic E-state index is 11.8. The van der Waals surface area contributed by atoms with Gasteiger partial charge in [0.1, 0.15) is 4.70 Å². The summed E-state index contributed by atoms with van der Waals surface area (Å²) in [5.41, 5.74) is 7.46. The first-order valence-electron chi connectivity index (χ1n) is 14.7. The third-order valence-electron chi connectivity index (χ3n) is 7.82. The van der Waals surface area contributed by atoms with Crippen molar-refractivity contribution in [3.63, 3.8) is 0 Å². The van der Waals surface area contributed by atoms with Gasteiger partial charge < -0.3 is 4.90 Å². The second kappa shape index (κ2) is 13.8. The fourth-order valence-electron chi connectivity index (χ4n) is 5.26. The minimum Gasteiger partial charge on any atom is -0.334 e. The standard InChI is InChI=1S/C33H36N2O6S4/c1-4-25(20-32-34(14-8-9-16-44(36,37)38)28-18-23(2)24(3)19-31(28)43-32)21-33-35(15-17-45(39,40)41)29-22-27(12-13-30(29)42-33)26-10-6-5-7-11-26/h5-7,10-13,18-22H,4,8-9,14-17H2,1-3H3,(H-,36,37,38,39,40,41)/p+1. The van der Waals surface area contributed by atoms with Gasteiger partial charge in [-0.1, -0.05) is 66.4 Å². The molecule has 2 N–H and O–H groups in total. The van der Waals surface area contributed by atoms with E-state index in [2.05, 4.69) is 67.8 Å². The van der Waals surface area contributed by atoms with Gasteiger partial charge in [0.05, 0.1) is 22.2 Å². The molecule has 0 radical (unpaired) electrons. The van der Waals surface area contributed by atoms with Crippen molar-refractivity contribution in [3.8, 4) is 11.1 Å². The van der Waals surface area contributed by atoms with Gasteiger partial charge >= 0.3 is 0 Å². The highest BCUT2D eigenvalue weighted by Gasteiger charge is 2.28. The predicted molar refractivity (Wildman–Crippen MR) is 185 cm³/mol. The Morgan fingerprint density at radius 3 is 2.29 bits per heavy atom. The third-order valence-corrected chi connectivity index (χ3v) is 11.5. The first kappa shape index (κ1) is 33.4. The van der Waals surface area contributed by atoms with Crippen LogP contribution in [-0.2, 0) is 26.8 Å². The third kappa shape index (κ3) is 8.43. The number of fused-ring (bicyclic) bond motifs is 2. The highest BCUT2D eigenvalue weighted by atomic mass is 32.2. The Kier molecular flexibility index (Phi) is 10.2. The zero-order valence-corrected chi connectivity index (χ0v) is 28.7. The summed E-state index contributed by atoms with van der Waals surface area (Å²) < 4.78 is 68.3. The van der Waals surface area contributed by atoms with Gasteiger partial charge in [-0.2, -0.15) is 21.4 Å². The molecule has 0 fully saturated rings. The molecule has 0 bridgehead atoms. The monoisotopic (exact) mass is 685 g/mol. The van der Waals surface area contributed by atoms with E-state index >= 15 is 0 Å². The number of thiazole rings is 1. The Morgan fingerprint density at radius 1 is 0.889 bits per heavy atom. The van der Waals surface area contributed by atoms with Crippen LogP contribution in [0.1, 0.15) is 42.3 Å². The lowest BCUT2D eigenvalue weighted by molar-refractivity contribution is -0.669. The molecule has 0 saturated heterocycles. The van der Waals surface area contributed by atoms with E-state index in [1.165, 1.54) is 11.1 Å². The Bertz CT molecular complexity index is 2000. The van der Waals surface area contributed by atoms with Crippen LogP contribution in [0.4, 0.5) is 5.69 Å². The van der Waals surface area contributed by atoms with Crippen LogP contribution in [0.2, 0.25) is 0 Å². The lowest BCUT2D eigenvalue weighted by atomic mass is 10.0. The second-order valence-corrected chi connectivity index (χ2v) is 16.4. The number of thioether (sulfide) groups is 1. The predicted octanol–water partition coefficient (Wildman–Crippen LogP) is 7.28. The van der Waals surface area contributed by atoms with Crippen molar-refractivity contribution in [2.24, 2.45) is 0 Å². The first-order valence-corrected chi connectivity index (χ1v) is 19.6. The molecule has 238 valence electrons. The number of aromatic nitrogens is 1. The molecule has 0 atom stereocenters. The molecule has 1 aliphatic rings. The summed E-state index contributed by atoms with van der Waals surface area (Å²) in [6.07, 6.45) is 5.89. The fourth-order valence-corrected chi connectivity index (χ4v) is 8.64. The summed E-state index contributed by atoms with van der Waals surface area (Å²) in [5, 5.41) is 1.89. The molecule has 0 saturated carbocycles. The molecule has 1 aliphatic heterocycles. The smallest absolute Gasteiger partial charge is 0.266 e. The fraction of sp³-hybridized carbons (Fsp3) is 0.303. The van der Waals surface area contributed by atoms with Crippen LogP contribution < -0.4 is 9.47 Å². The lowest BCUT2D eigenvalue weighted by Crippen LogP contribution is -2.35. The number of nitrogens with zero attached hydrogens (tertiary/aromatic N) is 2. The van der Waals surface area contributed by atoms with E-state index in [4.69, 9.17) is 0 Å². The topological polar surface area (TPSA) is 116 Å². The molecule has 0 spiro atoms. The van der Waals surface area contributed by atoms with Gasteiger partial charge in [0.15, 0.2) is 6.54 Å². The number of anilines is 1. The molecule has 3 aromatic carbocycles. The molecule has 12 heteroatoms. The first-order chi connectivity index (χ1) is 21.3. The number of rotatable bonds is 12. The molecular weight excluding hydrogens is 649 g/mol. The lowest BCUT2D eigenvalue weighted by Gasteiger charge is -2.20. The van der Waals surface area contributed by atoms with E-state index in [1.807, 2.05) is 35.2 Å². The van der Waals surface area contributed by atoms with E-state index in [1.54, 1.807) is 23.1 Å². The zero-order valence-electron chi connectivity index (χ0n) is 25.4. The number of benzene rings is 3. The molecule has 2 heterocycles.